The standard InChI is InChI=1S/C16H13BrN2O/c17-14-9-12(6-5-11(14)10-18)19-15-7-8-20-16-4-2-1-3-13(15)16/h1-6,9,15,19H,7-8H2. The molecule has 1 heterocycles. The second-order valence-corrected chi connectivity index (χ2v) is 5.53. The first-order valence-electron chi connectivity index (χ1n) is 6.46. The first-order valence-corrected chi connectivity index (χ1v) is 7.25. The minimum absolute atomic E-state index is 0.236. The number of benzene rings is 2. The van der Waals surface area contributed by atoms with E-state index in [-0.39, 0.29) is 6.04 Å². The van der Waals surface area contributed by atoms with E-state index in [1.165, 1.54) is 5.56 Å². The van der Waals surface area contributed by atoms with Crippen molar-refractivity contribution < 1.29 is 4.74 Å². The molecule has 0 amide bonds. The summed E-state index contributed by atoms with van der Waals surface area (Å²) >= 11 is 3.42. The monoisotopic (exact) mass is 328 g/mol. The molecule has 20 heavy (non-hydrogen) atoms. The molecular weight excluding hydrogens is 316 g/mol. The van der Waals surface area contributed by atoms with E-state index >= 15 is 0 Å². The van der Waals surface area contributed by atoms with Crippen LogP contribution in [0.4, 0.5) is 5.69 Å². The maximum Gasteiger partial charge on any atom is 0.124 e. The third kappa shape index (κ3) is 2.50. The van der Waals surface area contributed by atoms with Crippen LogP contribution in [0.25, 0.3) is 0 Å². The fourth-order valence-electron chi connectivity index (χ4n) is 2.39. The molecule has 100 valence electrons. The Labute approximate surface area is 126 Å². The van der Waals surface area contributed by atoms with Gasteiger partial charge in [0.05, 0.1) is 18.2 Å². The van der Waals surface area contributed by atoms with Crippen molar-refractivity contribution in [2.45, 2.75) is 12.5 Å². The summed E-state index contributed by atoms with van der Waals surface area (Å²) in [5.74, 6) is 0.948. The highest BCUT2D eigenvalue weighted by Crippen LogP contribution is 2.34. The number of ether oxygens (including phenoxy) is 1. The molecule has 0 aliphatic carbocycles. The van der Waals surface area contributed by atoms with Gasteiger partial charge in [0.25, 0.3) is 0 Å². The van der Waals surface area contributed by atoms with Gasteiger partial charge in [-0.25, -0.2) is 0 Å². The number of nitrogens with one attached hydrogen (secondary N) is 1. The number of anilines is 1. The summed E-state index contributed by atoms with van der Waals surface area (Å²) in [6.45, 7) is 0.714. The Kier molecular flexibility index (Phi) is 3.62. The van der Waals surface area contributed by atoms with Crippen LogP contribution in [0.15, 0.2) is 46.9 Å². The van der Waals surface area contributed by atoms with Crippen LogP contribution in [0.3, 0.4) is 0 Å². The number of nitriles is 1. The van der Waals surface area contributed by atoms with E-state index < -0.39 is 0 Å². The third-order valence-corrected chi connectivity index (χ3v) is 4.05. The first-order chi connectivity index (χ1) is 9.78. The van der Waals surface area contributed by atoms with Crippen LogP contribution >= 0.6 is 15.9 Å². The van der Waals surface area contributed by atoms with Crippen molar-refractivity contribution in [1.29, 1.82) is 5.26 Å². The van der Waals surface area contributed by atoms with Gasteiger partial charge >= 0.3 is 0 Å². The molecule has 1 aliphatic heterocycles. The van der Waals surface area contributed by atoms with Gasteiger partial charge in [-0.1, -0.05) is 18.2 Å². The predicted octanol–water partition coefficient (Wildman–Crippen LogP) is 4.26. The van der Waals surface area contributed by atoms with Gasteiger partial charge in [0, 0.05) is 22.1 Å². The number of para-hydroxylation sites is 1. The molecule has 1 aliphatic rings. The Bertz CT molecular complexity index is 678. The van der Waals surface area contributed by atoms with E-state index in [2.05, 4.69) is 33.4 Å². The second-order valence-electron chi connectivity index (χ2n) is 4.68. The van der Waals surface area contributed by atoms with Gasteiger partial charge in [-0.3, -0.25) is 0 Å². The van der Waals surface area contributed by atoms with Crippen LogP contribution in [0, 0.1) is 11.3 Å². The molecule has 3 nitrogen and oxygen atoms in total. The number of hydrogen-bond acceptors (Lipinski definition) is 3. The zero-order valence-corrected chi connectivity index (χ0v) is 12.4. The lowest BCUT2D eigenvalue weighted by Crippen LogP contribution is -2.20. The summed E-state index contributed by atoms with van der Waals surface area (Å²) in [5.41, 5.74) is 2.82. The highest BCUT2D eigenvalue weighted by Gasteiger charge is 2.20. The van der Waals surface area contributed by atoms with E-state index in [0.29, 0.717) is 12.2 Å². The number of hydrogen-bond donors (Lipinski definition) is 1. The molecule has 0 bridgehead atoms. The lowest BCUT2D eigenvalue weighted by atomic mass is 10.0. The highest BCUT2D eigenvalue weighted by atomic mass is 79.9. The van der Waals surface area contributed by atoms with Gasteiger partial charge in [0.15, 0.2) is 0 Å². The van der Waals surface area contributed by atoms with Crippen LogP contribution < -0.4 is 10.1 Å². The molecular formula is C16H13BrN2O. The minimum atomic E-state index is 0.236. The summed E-state index contributed by atoms with van der Waals surface area (Å²) in [6, 6.07) is 16.2. The van der Waals surface area contributed by atoms with Crippen molar-refractivity contribution in [3.8, 4) is 11.8 Å². The van der Waals surface area contributed by atoms with E-state index in [4.69, 9.17) is 10.00 Å². The molecule has 0 saturated carbocycles. The second kappa shape index (κ2) is 5.56. The van der Waals surface area contributed by atoms with Crippen LogP contribution in [0.1, 0.15) is 23.6 Å². The SMILES string of the molecule is N#Cc1ccc(NC2CCOc3ccccc32)cc1Br. The molecule has 0 aromatic heterocycles. The Morgan fingerprint density at radius 2 is 2.10 bits per heavy atom. The minimum Gasteiger partial charge on any atom is -0.493 e. The lowest BCUT2D eigenvalue weighted by Gasteiger charge is -2.27. The quantitative estimate of drug-likeness (QED) is 0.895. The molecule has 3 rings (SSSR count). The van der Waals surface area contributed by atoms with E-state index in [0.717, 1.165) is 22.3 Å². The summed E-state index contributed by atoms with van der Waals surface area (Å²) in [5, 5.41) is 12.5. The fourth-order valence-corrected chi connectivity index (χ4v) is 2.86. The van der Waals surface area contributed by atoms with Crippen molar-refractivity contribution in [2.24, 2.45) is 0 Å². The summed E-state index contributed by atoms with van der Waals surface area (Å²) in [4.78, 5) is 0. The molecule has 0 spiro atoms. The third-order valence-electron chi connectivity index (χ3n) is 3.39. The summed E-state index contributed by atoms with van der Waals surface area (Å²) in [6.07, 6.45) is 0.925. The summed E-state index contributed by atoms with van der Waals surface area (Å²) < 4.78 is 6.47. The van der Waals surface area contributed by atoms with Crippen molar-refractivity contribution in [1.82, 2.24) is 0 Å². The van der Waals surface area contributed by atoms with Crippen LogP contribution in [-0.2, 0) is 0 Å². The van der Waals surface area contributed by atoms with Gasteiger partial charge in [0.2, 0.25) is 0 Å². The van der Waals surface area contributed by atoms with Gasteiger partial charge in [-0.15, -0.1) is 0 Å². The van der Waals surface area contributed by atoms with Gasteiger partial charge < -0.3 is 10.1 Å². The molecule has 1 N–H and O–H groups in total. The van der Waals surface area contributed by atoms with Crippen molar-refractivity contribution in [3.05, 3.63) is 58.1 Å². The smallest absolute Gasteiger partial charge is 0.124 e. The van der Waals surface area contributed by atoms with Gasteiger partial charge in [-0.2, -0.15) is 5.26 Å². The van der Waals surface area contributed by atoms with Gasteiger partial charge in [0.1, 0.15) is 11.8 Å². The molecule has 2 aromatic rings. The average molecular weight is 329 g/mol. The lowest BCUT2D eigenvalue weighted by molar-refractivity contribution is 0.274. The topological polar surface area (TPSA) is 45.0 Å². The molecule has 0 saturated heterocycles. The Balaban J connectivity index is 1.86. The maximum atomic E-state index is 8.94. The Morgan fingerprint density at radius 3 is 2.90 bits per heavy atom. The van der Waals surface area contributed by atoms with E-state index in [1.54, 1.807) is 0 Å². The van der Waals surface area contributed by atoms with Crippen LogP contribution in [0.2, 0.25) is 0 Å². The molecule has 4 heteroatoms. The zero-order valence-electron chi connectivity index (χ0n) is 10.8. The summed E-state index contributed by atoms with van der Waals surface area (Å²) in [7, 11) is 0. The molecule has 1 unspecified atom stereocenters. The van der Waals surface area contributed by atoms with Crippen molar-refractivity contribution in [3.63, 3.8) is 0 Å². The van der Waals surface area contributed by atoms with Crippen molar-refractivity contribution in [2.75, 3.05) is 11.9 Å². The molecule has 1 atom stereocenters. The van der Waals surface area contributed by atoms with Crippen LogP contribution in [-0.4, -0.2) is 6.61 Å². The van der Waals surface area contributed by atoms with E-state index in [9.17, 15) is 0 Å². The first kappa shape index (κ1) is 13.0. The Morgan fingerprint density at radius 1 is 1.25 bits per heavy atom. The maximum absolute atomic E-state index is 8.94. The van der Waals surface area contributed by atoms with Crippen LogP contribution in [0.5, 0.6) is 5.75 Å². The van der Waals surface area contributed by atoms with E-state index in [1.807, 2.05) is 36.4 Å². The number of nitrogens with zero attached hydrogens (tertiary/aromatic N) is 1. The Hall–Kier alpha value is -1.99. The molecule has 0 radical (unpaired) electrons. The largest absolute Gasteiger partial charge is 0.493 e. The fraction of sp³-hybridized carbons (Fsp3) is 0.188. The van der Waals surface area contributed by atoms with Gasteiger partial charge in [-0.05, 0) is 40.2 Å². The molecule has 0 fully saturated rings. The molecule has 2 aromatic carbocycles. The average Bonchev–Trinajstić information content (AvgIpc) is 2.48. The van der Waals surface area contributed by atoms with Crippen molar-refractivity contribution >= 4 is 21.6 Å². The number of halogens is 1. The normalized spacial score (nSPS) is 16.7. The zero-order chi connectivity index (χ0) is 13.9. The number of rotatable bonds is 2. The number of fused-ring (bicyclic) bond motifs is 1. The predicted molar refractivity (Wildman–Crippen MR) is 81.8 cm³/mol. The highest BCUT2D eigenvalue weighted by molar-refractivity contribution is 9.10.